The molecule has 0 saturated carbocycles. The number of nitrogens with one attached hydrogen (secondary N) is 4. The number of fused-ring (bicyclic) bond motifs is 2. The van der Waals surface area contributed by atoms with Gasteiger partial charge in [-0.05, 0) is 99.9 Å². The van der Waals surface area contributed by atoms with Crippen molar-refractivity contribution in [3.63, 3.8) is 0 Å². The molecule has 14 nitrogen and oxygen atoms in total. The highest BCUT2D eigenvalue weighted by Gasteiger charge is 2.42. The van der Waals surface area contributed by atoms with E-state index >= 15 is 0 Å². The summed E-state index contributed by atoms with van der Waals surface area (Å²) in [4.78, 5) is 70.9. The fourth-order valence-corrected chi connectivity index (χ4v) is 7.61. The number of H-pyrrole nitrogens is 2. The van der Waals surface area contributed by atoms with E-state index in [-0.39, 0.29) is 23.9 Å². The Kier molecular flexibility index (Phi) is 9.54. The van der Waals surface area contributed by atoms with Crippen LogP contribution in [0.1, 0.15) is 77.1 Å². The molecule has 4 amide bonds. The van der Waals surface area contributed by atoms with Gasteiger partial charge in [0.1, 0.15) is 22.7 Å². The van der Waals surface area contributed by atoms with Crippen LogP contribution in [0.15, 0.2) is 60.7 Å². The van der Waals surface area contributed by atoms with Gasteiger partial charge in [0, 0.05) is 13.1 Å². The van der Waals surface area contributed by atoms with Crippen molar-refractivity contribution >= 4 is 46.1 Å². The first-order valence-corrected chi connectivity index (χ1v) is 18.2. The largest absolute Gasteiger partial charge is 0.453 e. The average Bonchev–Trinajstić information content (AvgIpc) is 3.98. The molecule has 0 aliphatic carbocycles. The lowest BCUT2D eigenvalue weighted by Gasteiger charge is -2.32. The Morgan fingerprint density at radius 2 is 1.00 bits per heavy atom. The second-order valence-corrected chi connectivity index (χ2v) is 15.1. The van der Waals surface area contributed by atoms with Crippen LogP contribution >= 0.6 is 0 Å². The second kappa shape index (κ2) is 14.1. The molecule has 0 unspecified atom stereocenters. The summed E-state index contributed by atoms with van der Waals surface area (Å²) in [6.07, 6.45) is 1.91. The van der Waals surface area contributed by atoms with Crippen LogP contribution in [0, 0.1) is 0 Å². The summed E-state index contributed by atoms with van der Waals surface area (Å²) in [5.41, 5.74) is 5.28. The number of alkyl carbamates (subject to hydrolysis) is 2. The number of hydrogen-bond donors (Lipinski definition) is 4. The fraction of sp³-hybridized carbons (Fsp3) is 0.400. The quantitative estimate of drug-likeness (QED) is 0.142. The molecule has 5 aromatic rings. The molecule has 2 aromatic heterocycles. The van der Waals surface area contributed by atoms with E-state index < -0.39 is 23.3 Å². The molecule has 14 heteroatoms. The molecule has 54 heavy (non-hydrogen) atoms. The molecule has 2 fully saturated rings. The van der Waals surface area contributed by atoms with Crippen LogP contribution in [0.3, 0.4) is 0 Å². The van der Waals surface area contributed by atoms with Crippen LogP contribution in [0.25, 0.3) is 44.3 Å². The molecular formula is C40H46N8O6. The maximum absolute atomic E-state index is 13.5. The minimum absolute atomic E-state index is 0.188. The summed E-state index contributed by atoms with van der Waals surface area (Å²) in [5, 5.41) is 5.29. The van der Waals surface area contributed by atoms with E-state index in [0.717, 1.165) is 81.7 Å². The summed E-state index contributed by atoms with van der Waals surface area (Å²) >= 11 is 0. The Morgan fingerprint density at radius 1 is 0.630 bits per heavy atom. The number of rotatable bonds is 8. The Hall–Kier alpha value is -5.92. The van der Waals surface area contributed by atoms with Gasteiger partial charge >= 0.3 is 12.2 Å². The third-order valence-electron chi connectivity index (χ3n) is 10.5. The maximum Gasteiger partial charge on any atom is 0.407 e. The summed E-state index contributed by atoms with van der Waals surface area (Å²) < 4.78 is 9.44. The van der Waals surface area contributed by atoms with E-state index in [1.165, 1.54) is 14.2 Å². The van der Waals surface area contributed by atoms with Crippen LogP contribution in [-0.4, -0.2) is 92.1 Å². The van der Waals surface area contributed by atoms with Gasteiger partial charge < -0.3 is 39.9 Å². The highest BCUT2D eigenvalue weighted by atomic mass is 16.5. The minimum Gasteiger partial charge on any atom is -0.453 e. The van der Waals surface area contributed by atoms with E-state index in [9.17, 15) is 19.2 Å². The number of aromatic nitrogens is 4. The molecule has 2 aliphatic heterocycles. The van der Waals surface area contributed by atoms with Crippen LogP contribution in [0.5, 0.6) is 0 Å². The SMILES string of the molecule is COC(=O)NC(C)(C)C(=O)N1CCC[C@@H]1c1nc2ccc(-c3ccc(-c4ccc5nc([C@H]6CCCN6C(=O)C(C)(C)NC(=O)OC)[nH]c5c4)cc3)cc2[nH]1. The summed E-state index contributed by atoms with van der Waals surface area (Å²) in [6, 6.07) is 20.1. The Morgan fingerprint density at radius 3 is 1.37 bits per heavy atom. The van der Waals surface area contributed by atoms with E-state index in [1.807, 2.05) is 24.3 Å². The van der Waals surface area contributed by atoms with Crippen molar-refractivity contribution in [2.24, 2.45) is 0 Å². The van der Waals surface area contributed by atoms with Crippen molar-refractivity contribution in [2.75, 3.05) is 27.3 Å². The first-order valence-electron chi connectivity index (χ1n) is 18.2. The second-order valence-electron chi connectivity index (χ2n) is 15.1. The number of imidazole rings is 2. The van der Waals surface area contributed by atoms with Gasteiger partial charge in [0.05, 0.1) is 48.4 Å². The first-order chi connectivity index (χ1) is 25.8. The zero-order valence-corrected chi connectivity index (χ0v) is 31.4. The summed E-state index contributed by atoms with van der Waals surface area (Å²) in [6.45, 7) is 7.86. The number of methoxy groups -OCH3 is 2. The number of carbonyl (C=O) groups is 4. The molecule has 0 radical (unpaired) electrons. The van der Waals surface area contributed by atoms with Crippen LogP contribution in [0.2, 0.25) is 0 Å². The molecule has 4 N–H and O–H groups in total. The average molecular weight is 735 g/mol. The maximum atomic E-state index is 13.5. The van der Waals surface area contributed by atoms with Crippen molar-refractivity contribution in [3.8, 4) is 22.3 Å². The predicted molar refractivity (Wildman–Crippen MR) is 203 cm³/mol. The zero-order valence-electron chi connectivity index (χ0n) is 31.4. The monoisotopic (exact) mass is 734 g/mol. The smallest absolute Gasteiger partial charge is 0.407 e. The molecule has 282 valence electrons. The molecule has 2 atom stereocenters. The van der Waals surface area contributed by atoms with E-state index in [1.54, 1.807) is 37.5 Å². The number of carbonyl (C=O) groups excluding carboxylic acids is 4. The molecule has 0 spiro atoms. The number of likely N-dealkylation sites (tertiary alicyclic amines) is 2. The lowest BCUT2D eigenvalue weighted by atomic mass is 10.00. The van der Waals surface area contributed by atoms with Crippen molar-refractivity contribution < 1.29 is 28.7 Å². The standard InChI is InChI=1S/C40H46N8O6/c1-39(2,45-37(51)53-5)35(49)47-19-7-9-31(47)33-41-27-17-15-25(21-29(27)43-33)23-11-13-24(14-12-23)26-16-18-28-30(22-26)44-34(42-28)32-10-8-20-48(32)36(50)40(3,4)46-38(52)54-6/h11-18,21-22,31-32H,7-10,19-20H2,1-6H3,(H,41,43)(H,42,44)(H,45,51)(H,46,52)/t31-,32-/m1/s1. The number of benzene rings is 3. The molecule has 2 aliphatic rings. The van der Waals surface area contributed by atoms with Crippen molar-refractivity contribution in [1.82, 2.24) is 40.4 Å². The minimum atomic E-state index is -1.13. The van der Waals surface area contributed by atoms with Crippen molar-refractivity contribution in [1.29, 1.82) is 0 Å². The van der Waals surface area contributed by atoms with Crippen molar-refractivity contribution in [2.45, 2.75) is 76.5 Å². The number of nitrogens with zero attached hydrogens (tertiary/aromatic N) is 4. The van der Waals surface area contributed by atoms with Gasteiger partial charge in [0.25, 0.3) is 0 Å². The van der Waals surface area contributed by atoms with Gasteiger partial charge in [-0.25, -0.2) is 19.6 Å². The predicted octanol–water partition coefficient (Wildman–Crippen LogP) is 6.37. The molecule has 2 saturated heterocycles. The Bertz CT molecular complexity index is 2080. The zero-order chi connectivity index (χ0) is 38.4. The Balaban J connectivity index is 1.07. The van der Waals surface area contributed by atoms with Crippen LogP contribution in [-0.2, 0) is 19.1 Å². The third kappa shape index (κ3) is 6.95. The molecular weight excluding hydrogens is 688 g/mol. The van der Waals surface area contributed by atoms with E-state index in [4.69, 9.17) is 19.4 Å². The van der Waals surface area contributed by atoms with Gasteiger partial charge in [-0.2, -0.15) is 0 Å². The lowest BCUT2D eigenvalue weighted by molar-refractivity contribution is -0.138. The molecule has 0 bridgehead atoms. The summed E-state index contributed by atoms with van der Waals surface area (Å²) in [7, 11) is 2.55. The molecule has 4 heterocycles. The number of amides is 4. The van der Waals surface area contributed by atoms with E-state index in [0.29, 0.717) is 13.1 Å². The number of hydrogen-bond acceptors (Lipinski definition) is 8. The normalized spacial score (nSPS) is 17.6. The Labute approximate surface area is 313 Å². The molecule has 7 rings (SSSR count). The third-order valence-corrected chi connectivity index (χ3v) is 10.5. The first kappa shape index (κ1) is 36.4. The highest BCUT2D eigenvalue weighted by molar-refractivity contribution is 5.91. The fourth-order valence-electron chi connectivity index (χ4n) is 7.61. The van der Waals surface area contributed by atoms with Crippen LogP contribution in [0.4, 0.5) is 9.59 Å². The van der Waals surface area contributed by atoms with E-state index in [2.05, 4.69) is 57.0 Å². The highest BCUT2D eigenvalue weighted by Crippen LogP contribution is 2.36. The van der Waals surface area contributed by atoms with Gasteiger partial charge in [-0.3, -0.25) is 9.59 Å². The summed E-state index contributed by atoms with van der Waals surface area (Å²) in [5.74, 6) is 1.07. The molecule has 3 aromatic carbocycles. The van der Waals surface area contributed by atoms with Gasteiger partial charge in [-0.15, -0.1) is 0 Å². The van der Waals surface area contributed by atoms with Gasteiger partial charge in [0.15, 0.2) is 0 Å². The number of ether oxygens (including phenoxy) is 2. The van der Waals surface area contributed by atoms with Gasteiger partial charge in [0.2, 0.25) is 11.8 Å². The lowest BCUT2D eigenvalue weighted by Crippen LogP contribution is -2.55. The van der Waals surface area contributed by atoms with Crippen LogP contribution < -0.4 is 10.6 Å². The topological polar surface area (TPSA) is 175 Å². The number of aromatic amines is 2. The van der Waals surface area contributed by atoms with Crippen molar-refractivity contribution in [3.05, 3.63) is 72.3 Å². The van der Waals surface area contributed by atoms with Gasteiger partial charge in [-0.1, -0.05) is 36.4 Å².